The molecule has 4 aliphatic carbocycles. The molecule has 0 unspecified atom stereocenters. The third-order valence-corrected chi connectivity index (χ3v) is 8.94. The largest absolute Gasteiger partial charge is 0.482 e. The molecule has 1 aliphatic heterocycles. The van der Waals surface area contributed by atoms with Crippen LogP contribution in [0.25, 0.3) is 0 Å². The molecule has 1 aromatic rings. The molecule has 4 saturated carbocycles. The molecule has 2 N–H and O–H groups in total. The summed E-state index contributed by atoms with van der Waals surface area (Å²) in [4.78, 5) is 12.8. The van der Waals surface area contributed by atoms with E-state index in [0.717, 1.165) is 13.0 Å². The Morgan fingerprint density at radius 3 is 2.61 bits per heavy atom. The van der Waals surface area contributed by atoms with Crippen LogP contribution in [-0.4, -0.2) is 37.3 Å². The minimum absolute atomic E-state index is 0.107. The predicted molar refractivity (Wildman–Crippen MR) is 123 cm³/mol. The molecule has 31 heavy (non-hydrogen) atoms. The molecule has 2 bridgehead atoms. The number of urea groups is 1. The molecule has 5 nitrogen and oxygen atoms in total. The van der Waals surface area contributed by atoms with Gasteiger partial charge in [-0.15, -0.1) is 0 Å². The molecule has 0 aromatic heterocycles. The van der Waals surface area contributed by atoms with Crippen LogP contribution in [0, 0.1) is 23.2 Å². The van der Waals surface area contributed by atoms with E-state index in [4.69, 9.17) is 9.31 Å². The summed E-state index contributed by atoms with van der Waals surface area (Å²) in [7, 11) is -0.414. The van der Waals surface area contributed by atoms with Gasteiger partial charge in [0.25, 0.3) is 0 Å². The quantitative estimate of drug-likeness (QED) is 0.668. The number of carbonyl (C=O) groups excluding carboxylic acids is 1. The van der Waals surface area contributed by atoms with Crippen LogP contribution >= 0.6 is 0 Å². The van der Waals surface area contributed by atoms with Crippen molar-refractivity contribution < 1.29 is 14.1 Å². The van der Waals surface area contributed by atoms with Crippen LogP contribution < -0.4 is 10.6 Å². The van der Waals surface area contributed by atoms with E-state index in [1.165, 1.54) is 37.7 Å². The van der Waals surface area contributed by atoms with Gasteiger partial charge in [0.05, 0.1) is 17.6 Å². The van der Waals surface area contributed by atoms with Gasteiger partial charge in [-0.2, -0.15) is 0 Å². The zero-order valence-electron chi connectivity index (χ0n) is 19.2. The van der Waals surface area contributed by atoms with Crippen molar-refractivity contribution in [2.24, 2.45) is 23.2 Å². The van der Waals surface area contributed by atoms with Gasteiger partial charge in [-0.25, -0.2) is 4.79 Å². The van der Waals surface area contributed by atoms with Crippen molar-refractivity contribution in [2.45, 2.75) is 83.4 Å². The van der Waals surface area contributed by atoms with Crippen molar-refractivity contribution in [1.29, 1.82) is 0 Å². The first-order valence-electron chi connectivity index (χ1n) is 12.3. The first-order chi connectivity index (χ1) is 14.9. The highest BCUT2D eigenvalue weighted by molar-refractivity contribution is 6.48. The Labute approximate surface area is 187 Å². The fourth-order valence-corrected chi connectivity index (χ4v) is 6.83. The van der Waals surface area contributed by atoms with Crippen LogP contribution in [0.3, 0.4) is 0 Å². The number of carbonyl (C=O) groups is 1. The van der Waals surface area contributed by atoms with E-state index in [1.807, 2.05) is 18.2 Å². The van der Waals surface area contributed by atoms with Gasteiger partial charge >= 0.3 is 13.1 Å². The first-order valence-corrected chi connectivity index (χ1v) is 12.3. The molecular formula is C25H37BN2O3. The van der Waals surface area contributed by atoms with Crippen LogP contribution in [0.4, 0.5) is 4.79 Å². The molecule has 168 valence electrons. The fraction of sp³-hybridized carbons (Fsp3) is 0.720. The van der Waals surface area contributed by atoms with Gasteiger partial charge in [0, 0.05) is 6.54 Å². The Morgan fingerprint density at radius 2 is 1.90 bits per heavy atom. The SMILES string of the molecule is CC1(C)[C@@H]2C[C@H]3OB([C@H](Cc4ccccc4)NC(=O)NCC4CCCC4)O[C@@]3(C)[C@H]1C2. The van der Waals surface area contributed by atoms with E-state index < -0.39 is 7.12 Å². The van der Waals surface area contributed by atoms with Crippen LogP contribution in [0.15, 0.2) is 30.3 Å². The number of nitrogens with one attached hydrogen (secondary N) is 2. The Bertz CT molecular complexity index is 797. The number of hydrogen-bond acceptors (Lipinski definition) is 3. The number of rotatable bonds is 6. The zero-order chi connectivity index (χ0) is 21.6. The average molecular weight is 424 g/mol. The average Bonchev–Trinajstić information content (AvgIpc) is 3.39. The Hall–Kier alpha value is -1.53. The molecule has 1 saturated heterocycles. The van der Waals surface area contributed by atoms with Crippen LogP contribution in [0.5, 0.6) is 0 Å². The van der Waals surface area contributed by atoms with Crippen LogP contribution in [-0.2, 0) is 15.7 Å². The summed E-state index contributed by atoms with van der Waals surface area (Å²) in [5.41, 5.74) is 1.23. The molecule has 6 rings (SSSR count). The minimum atomic E-state index is -0.414. The Morgan fingerprint density at radius 1 is 1.16 bits per heavy atom. The summed E-state index contributed by atoms with van der Waals surface area (Å²) in [6.07, 6.45) is 8.12. The number of amides is 2. The molecule has 5 aliphatic rings. The van der Waals surface area contributed by atoms with E-state index in [-0.39, 0.29) is 23.7 Å². The van der Waals surface area contributed by atoms with E-state index in [2.05, 4.69) is 43.5 Å². The summed E-state index contributed by atoms with van der Waals surface area (Å²) < 4.78 is 13.2. The van der Waals surface area contributed by atoms with Gasteiger partial charge in [0.15, 0.2) is 0 Å². The van der Waals surface area contributed by atoms with Gasteiger partial charge in [0.1, 0.15) is 0 Å². The fourth-order valence-electron chi connectivity index (χ4n) is 6.83. The Balaban J connectivity index is 1.28. The molecule has 0 spiro atoms. The predicted octanol–water partition coefficient (Wildman–Crippen LogP) is 4.35. The number of benzene rings is 1. The third-order valence-electron chi connectivity index (χ3n) is 8.94. The summed E-state index contributed by atoms with van der Waals surface area (Å²) in [5.74, 6) is 1.64. The minimum Gasteiger partial charge on any atom is -0.404 e. The monoisotopic (exact) mass is 424 g/mol. The maximum absolute atomic E-state index is 12.8. The standard InChI is InChI=1S/C25H37BN2O3/c1-24(2)19-14-20(24)25(3)21(15-19)30-26(31-25)22(13-17-9-5-4-6-10-17)28-23(29)27-16-18-11-7-8-12-18/h4-6,9-10,18-22H,7-8,11-16H2,1-3H3,(H2,27,28,29)/t19-,20-,21+,22-,25-/m0/s1. The molecular weight excluding hydrogens is 387 g/mol. The first kappa shape index (κ1) is 21.3. The molecule has 5 fully saturated rings. The third kappa shape index (κ3) is 3.91. The molecule has 0 radical (unpaired) electrons. The summed E-state index contributed by atoms with van der Waals surface area (Å²) >= 11 is 0. The maximum Gasteiger partial charge on any atom is 0.482 e. The van der Waals surface area contributed by atoms with Crippen molar-refractivity contribution in [3.63, 3.8) is 0 Å². The van der Waals surface area contributed by atoms with Crippen LogP contribution in [0.2, 0.25) is 0 Å². The lowest BCUT2D eigenvalue weighted by Gasteiger charge is -2.64. The van der Waals surface area contributed by atoms with Gasteiger partial charge in [0.2, 0.25) is 0 Å². The molecule has 2 amide bonds. The topological polar surface area (TPSA) is 59.6 Å². The van der Waals surface area contributed by atoms with Crippen molar-refractivity contribution in [3.8, 4) is 0 Å². The second-order valence-electron chi connectivity index (χ2n) is 11.1. The van der Waals surface area contributed by atoms with Crippen molar-refractivity contribution in [3.05, 3.63) is 35.9 Å². The highest BCUT2D eigenvalue weighted by Crippen LogP contribution is 2.65. The number of hydrogen-bond donors (Lipinski definition) is 2. The molecule has 5 atom stereocenters. The maximum atomic E-state index is 12.8. The van der Waals surface area contributed by atoms with E-state index in [1.54, 1.807) is 0 Å². The van der Waals surface area contributed by atoms with Crippen molar-refractivity contribution >= 4 is 13.1 Å². The second kappa shape index (κ2) is 8.11. The van der Waals surface area contributed by atoms with Crippen LogP contribution in [0.1, 0.15) is 64.9 Å². The lowest BCUT2D eigenvalue weighted by atomic mass is 9.43. The normalized spacial score (nSPS) is 34.7. The van der Waals surface area contributed by atoms with Gasteiger partial charge in [-0.3, -0.25) is 0 Å². The van der Waals surface area contributed by atoms with Gasteiger partial charge < -0.3 is 19.9 Å². The van der Waals surface area contributed by atoms with Crippen molar-refractivity contribution in [1.82, 2.24) is 10.6 Å². The molecule has 1 aromatic carbocycles. The zero-order valence-corrected chi connectivity index (χ0v) is 19.2. The second-order valence-corrected chi connectivity index (χ2v) is 11.1. The van der Waals surface area contributed by atoms with Gasteiger partial charge in [-0.1, -0.05) is 57.0 Å². The highest BCUT2D eigenvalue weighted by atomic mass is 16.7. The molecule has 1 heterocycles. The highest BCUT2D eigenvalue weighted by Gasteiger charge is 2.68. The lowest BCUT2D eigenvalue weighted by molar-refractivity contribution is -0.199. The van der Waals surface area contributed by atoms with E-state index in [0.29, 0.717) is 29.6 Å². The summed E-state index contributed by atoms with van der Waals surface area (Å²) in [6, 6.07) is 10.2. The summed E-state index contributed by atoms with van der Waals surface area (Å²) in [6.45, 7) is 7.74. The van der Waals surface area contributed by atoms with Gasteiger partial charge in [-0.05, 0) is 67.8 Å². The Kier molecular flexibility index (Phi) is 5.58. The lowest BCUT2D eigenvalue weighted by Crippen LogP contribution is -2.65. The molecule has 6 heteroatoms. The summed E-state index contributed by atoms with van der Waals surface area (Å²) in [5, 5.41) is 6.31. The van der Waals surface area contributed by atoms with E-state index in [9.17, 15) is 4.79 Å². The van der Waals surface area contributed by atoms with E-state index >= 15 is 0 Å². The van der Waals surface area contributed by atoms with Crippen molar-refractivity contribution in [2.75, 3.05) is 6.54 Å². The smallest absolute Gasteiger partial charge is 0.404 e.